The lowest BCUT2D eigenvalue weighted by atomic mass is 9.82. The molecule has 0 aromatic heterocycles. The molecule has 0 radical (unpaired) electrons. The van der Waals surface area contributed by atoms with Crippen molar-refractivity contribution >= 4 is 5.97 Å². The summed E-state index contributed by atoms with van der Waals surface area (Å²) in [6.07, 6.45) is 18.9. The third-order valence-electron chi connectivity index (χ3n) is 5.57. The van der Waals surface area contributed by atoms with E-state index in [1.54, 1.807) is 6.92 Å². The summed E-state index contributed by atoms with van der Waals surface area (Å²) >= 11 is 0. The van der Waals surface area contributed by atoms with Gasteiger partial charge in [-0.2, -0.15) is 0 Å². The van der Waals surface area contributed by atoms with Crippen molar-refractivity contribution in [2.45, 2.75) is 103 Å². The van der Waals surface area contributed by atoms with E-state index < -0.39 is 0 Å². The van der Waals surface area contributed by atoms with E-state index in [0.29, 0.717) is 5.92 Å². The molecule has 3 aliphatic rings. The lowest BCUT2D eigenvalue weighted by Crippen LogP contribution is -2.27. The number of hydrogen-bond donors (Lipinski definition) is 0. The SMILES string of the molecule is CC(=O)OC1CCCCC2CCCCCC1CCCCC2. The van der Waals surface area contributed by atoms with Crippen molar-refractivity contribution in [2.24, 2.45) is 11.8 Å². The molecule has 3 aliphatic carbocycles. The molecule has 21 heavy (non-hydrogen) atoms. The number of ether oxygens (including phenoxy) is 1. The largest absolute Gasteiger partial charge is 0.462 e. The Balaban J connectivity index is 2.04. The van der Waals surface area contributed by atoms with Gasteiger partial charge in [0.15, 0.2) is 0 Å². The van der Waals surface area contributed by atoms with Crippen LogP contribution in [0.25, 0.3) is 0 Å². The number of rotatable bonds is 1. The molecular weight excluding hydrogens is 260 g/mol. The maximum atomic E-state index is 11.4. The van der Waals surface area contributed by atoms with Crippen LogP contribution in [0.15, 0.2) is 0 Å². The predicted octanol–water partition coefficient (Wildman–Crippen LogP) is 5.64. The topological polar surface area (TPSA) is 26.3 Å². The minimum absolute atomic E-state index is 0.0814. The summed E-state index contributed by atoms with van der Waals surface area (Å²) in [7, 11) is 0. The van der Waals surface area contributed by atoms with E-state index in [1.807, 2.05) is 0 Å². The Kier molecular flexibility index (Phi) is 7.60. The monoisotopic (exact) mass is 294 g/mol. The van der Waals surface area contributed by atoms with Gasteiger partial charge in [0, 0.05) is 6.92 Å². The van der Waals surface area contributed by atoms with Crippen LogP contribution in [0.4, 0.5) is 0 Å². The van der Waals surface area contributed by atoms with Crippen LogP contribution in [0, 0.1) is 11.8 Å². The molecule has 3 saturated carbocycles. The maximum Gasteiger partial charge on any atom is 0.302 e. The van der Waals surface area contributed by atoms with Gasteiger partial charge in [-0.3, -0.25) is 4.79 Å². The van der Waals surface area contributed by atoms with Crippen LogP contribution in [-0.2, 0) is 9.53 Å². The fourth-order valence-electron chi connectivity index (χ4n) is 4.36. The average Bonchev–Trinajstić information content (AvgIpc) is 2.42. The molecule has 2 nitrogen and oxygen atoms in total. The first-order chi connectivity index (χ1) is 10.3. The van der Waals surface area contributed by atoms with Crippen LogP contribution in [0.5, 0.6) is 0 Å². The highest BCUT2D eigenvalue weighted by molar-refractivity contribution is 5.66. The average molecular weight is 294 g/mol. The zero-order valence-electron chi connectivity index (χ0n) is 13.9. The van der Waals surface area contributed by atoms with Gasteiger partial charge in [-0.1, -0.05) is 64.2 Å². The summed E-state index contributed by atoms with van der Waals surface area (Å²) in [6, 6.07) is 0. The van der Waals surface area contributed by atoms with Gasteiger partial charge in [0.05, 0.1) is 0 Å². The second-order valence-electron chi connectivity index (χ2n) is 7.33. The summed E-state index contributed by atoms with van der Waals surface area (Å²) in [6.45, 7) is 1.58. The highest BCUT2D eigenvalue weighted by Gasteiger charge is 2.24. The number of carbonyl (C=O) groups is 1. The van der Waals surface area contributed by atoms with Crippen molar-refractivity contribution in [1.82, 2.24) is 0 Å². The van der Waals surface area contributed by atoms with E-state index >= 15 is 0 Å². The van der Waals surface area contributed by atoms with Gasteiger partial charge < -0.3 is 4.74 Å². The molecule has 122 valence electrons. The first-order valence-electron chi connectivity index (χ1n) is 9.43. The quantitative estimate of drug-likeness (QED) is 0.585. The standard InChI is InChI=1S/C19H34O2/c1-16(20)21-19-15-9-8-12-17-10-4-2-6-13-18(19)14-7-3-5-11-17/h17-19H,2-15H2,1H3. The molecule has 2 bridgehead atoms. The Labute approximate surface area is 131 Å². The first kappa shape index (κ1) is 16.8. The van der Waals surface area contributed by atoms with Crippen LogP contribution in [0.2, 0.25) is 0 Å². The van der Waals surface area contributed by atoms with Crippen molar-refractivity contribution in [3.05, 3.63) is 0 Å². The van der Waals surface area contributed by atoms with Crippen molar-refractivity contribution in [3.63, 3.8) is 0 Å². The minimum Gasteiger partial charge on any atom is -0.462 e. The zero-order valence-corrected chi connectivity index (χ0v) is 13.9. The zero-order chi connectivity index (χ0) is 14.9. The minimum atomic E-state index is -0.0814. The molecule has 3 fully saturated rings. The molecule has 1 unspecified atom stereocenters. The van der Waals surface area contributed by atoms with Crippen LogP contribution in [0.1, 0.15) is 96.8 Å². The van der Waals surface area contributed by atoms with Crippen LogP contribution in [0.3, 0.4) is 0 Å². The molecule has 0 spiro atoms. The van der Waals surface area contributed by atoms with E-state index in [9.17, 15) is 4.79 Å². The molecule has 0 aromatic carbocycles. The summed E-state index contributed by atoms with van der Waals surface area (Å²) in [5, 5.41) is 0. The number of fused-ring (bicyclic) bond motifs is 12. The Morgan fingerprint density at radius 1 is 0.714 bits per heavy atom. The summed E-state index contributed by atoms with van der Waals surface area (Å²) in [4.78, 5) is 11.4. The molecule has 0 heterocycles. The molecule has 0 N–H and O–H groups in total. The van der Waals surface area contributed by atoms with E-state index in [2.05, 4.69) is 0 Å². The van der Waals surface area contributed by atoms with Crippen LogP contribution in [-0.4, -0.2) is 12.1 Å². The van der Waals surface area contributed by atoms with E-state index in [4.69, 9.17) is 4.74 Å². The van der Waals surface area contributed by atoms with E-state index in [0.717, 1.165) is 12.3 Å². The highest BCUT2D eigenvalue weighted by Crippen LogP contribution is 2.32. The van der Waals surface area contributed by atoms with Crippen LogP contribution >= 0.6 is 0 Å². The fraction of sp³-hybridized carbons (Fsp3) is 0.947. The van der Waals surface area contributed by atoms with E-state index in [1.165, 1.54) is 83.5 Å². The summed E-state index contributed by atoms with van der Waals surface area (Å²) < 4.78 is 5.71. The molecule has 0 saturated heterocycles. The smallest absolute Gasteiger partial charge is 0.302 e. The van der Waals surface area contributed by atoms with Gasteiger partial charge in [-0.15, -0.1) is 0 Å². The molecule has 0 aromatic rings. The lowest BCUT2D eigenvalue weighted by molar-refractivity contribution is -0.150. The number of esters is 1. The predicted molar refractivity (Wildman–Crippen MR) is 87.2 cm³/mol. The molecule has 3 rings (SSSR count). The first-order valence-corrected chi connectivity index (χ1v) is 9.43. The van der Waals surface area contributed by atoms with Gasteiger partial charge in [0.25, 0.3) is 0 Å². The Morgan fingerprint density at radius 3 is 1.76 bits per heavy atom. The van der Waals surface area contributed by atoms with Gasteiger partial charge in [0.1, 0.15) is 6.10 Å². The van der Waals surface area contributed by atoms with Crippen LogP contribution < -0.4 is 0 Å². The fourth-order valence-corrected chi connectivity index (χ4v) is 4.36. The Morgan fingerprint density at radius 2 is 1.19 bits per heavy atom. The molecule has 0 aliphatic heterocycles. The normalized spacial score (nSPS) is 32.9. The third-order valence-corrected chi connectivity index (χ3v) is 5.57. The number of hydrogen-bond acceptors (Lipinski definition) is 2. The molecular formula is C19H34O2. The maximum absolute atomic E-state index is 11.4. The number of carbonyl (C=O) groups excluding carboxylic acids is 1. The van der Waals surface area contributed by atoms with Crippen molar-refractivity contribution in [1.29, 1.82) is 0 Å². The van der Waals surface area contributed by atoms with E-state index in [-0.39, 0.29) is 12.1 Å². The van der Waals surface area contributed by atoms with Gasteiger partial charge in [-0.05, 0) is 37.5 Å². The lowest BCUT2D eigenvalue weighted by Gasteiger charge is -2.29. The second kappa shape index (κ2) is 9.48. The van der Waals surface area contributed by atoms with Crippen molar-refractivity contribution in [2.75, 3.05) is 0 Å². The Bertz CT molecular complexity index is 286. The molecule has 2 heteroatoms. The Hall–Kier alpha value is -0.530. The second-order valence-corrected chi connectivity index (χ2v) is 7.33. The molecule has 1 atom stereocenters. The highest BCUT2D eigenvalue weighted by atomic mass is 16.5. The molecule has 0 amide bonds. The van der Waals surface area contributed by atoms with Gasteiger partial charge in [-0.25, -0.2) is 0 Å². The third kappa shape index (κ3) is 6.40. The van der Waals surface area contributed by atoms with Crippen molar-refractivity contribution in [3.8, 4) is 0 Å². The van der Waals surface area contributed by atoms with Gasteiger partial charge in [0.2, 0.25) is 0 Å². The summed E-state index contributed by atoms with van der Waals surface area (Å²) in [5.41, 5.74) is 0. The summed E-state index contributed by atoms with van der Waals surface area (Å²) in [5.74, 6) is 1.50. The van der Waals surface area contributed by atoms with Gasteiger partial charge >= 0.3 is 5.97 Å². The van der Waals surface area contributed by atoms with Crippen molar-refractivity contribution < 1.29 is 9.53 Å².